The van der Waals surface area contributed by atoms with Crippen LogP contribution in [0, 0.1) is 6.92 Å². The number of benzene rings is 2. The zero-order valence-electron chi connectivity index (χ0n) is 17.1. The summed E-state index contributed by atoms with van der Waals surface area (Å²) in [5.41, 5.74) is 1.40. The number of ether oxygens (including phenoxy) is 2. The Balaban J connectivity index is 1.98. The summed E-state index contributed by atoms with van der Waals surface area (Å²) < 4.78 is 11.2. The van der Waals surface area contributed by atoms with E-state index in [4.69, 9.17) is 21.1 Å². The van der Waals surface area contributed by atoms with Crippen LogP contribution in [-0.2, 0) is 9.59 Å². The predicted molar refractivity (Wildman–Crippen MR) is 118 cm³/mol. The first-order valence-electron chi connectivity index (χ1n) is 9.53. The third kappa shape index (κ3) is 4.78. The van der Waals surface area contributed by atoms with E-state index in [1.807, 2.05) is 6.92 Å². The highest BCUT2D eigenvalue weighted by Gasteiger charge is 2.37. The van der Waals surface area contributed by atoms with Crippen LogP contribution in [0.1, 0.15) is 18.1 Å². The monoisotopic (exact) mass is 440 g/mol. The Morgan fingerprint density at radius 1 is 1.10 bits per heavy atom. The lowest BCUT2D eigenvalue weighted by atomic mass is 10.1. The van der Waals surface area contributed by atoms with Crippen LogP contribution < -0.4 is 19.7 Å². The number of halogens is 1. The summed E-state index contributed by atoms with van der Waals surface area (Å²) in [7, 11) is 0. The van der Waals surface area contributed by atoms with E-state index in [2.05, 4.69) is 11.9 Å². The quantitative estimate of drug-likeness (QED) is 0.394. The van der Waals surface area contributed by atoms with Crippen LogP contribution in [0.3, 0.4) is 0 Å². The van der Waals surface area contributed by atoms with Crippen molar-refractivity contribution in [2.24, 2.45) is 0 Å². The molecular weight excluding hydrogens is 420 g/mol. The Morgan fingerprint density at radius 3 is 2.55 bits per heavy atom. The maximum Gasteiger partial charge on any atom is 0.335 e. The minimum absolute atomic E-state index is 0.196. The molecule has 0 radical (unpaired) electrons. The second-order valence-corrected chi connectivity index (χ2v) is 7.04. The van der Waals surface area contributed by atoms with Crippen molar-refractivity contribution in [1.82, 2.24) is 5.32 Å². The second-order valence-electron chi connectivity index (χ2n) is 6.63. The highest BCUT2D eigenvalue weighted by molar-refractivity contribution is 6.39. The van der Waals surface area contributed by atoms with Crippen LogP contribution in [0.5, 0.6) is 11.5 Å². The van der Waals surface area contributed by atoms with Crippen molar-refractivity contribution in [2.45, 2.75) is 13.8 Å². The molecule has 0 saturated carbocycles. The van der Waals surface area contributed by atoms with Gasteiger partial charge >= 0.3 is 6.03 Å². The summed E-state index contributed by atoms with van der Waals surface area (Å²) in [6, 6.07) is 8.95. The number of rotatable bonds is 7. The molecule has 0 atom stereocenters. The molecule has 1 saturated heterocycles. The largest absolute Gasteiger partial charge is 0.490 e. The fourth-order valence-corrected chi connectivity index (χ4v) is 3.10. The molecule has 0 unspecified atom stereocenters. The van der Waals surface area contributed by atoms with E-state index in [-0.39, 0.29) is 11.3 Å². The minimum Gasteiger partial charge on any atom is -0.490 e. The van der Waals surface area contributed by atoms with Crippen molar-refractivity contribution in [1.29, 1.82) is 0 Å². The fraction of sp³-hybridized carbons (Fsp3) is 0.174. The van der Waals surface area contributed by atoms with Crippen LogP contribution in [-0.4, -0.2) is 31.1 Å². The van der Waals surface area contributed by atoms with Gasteiger partial charge in [0, 0.05) is 5.02 Å². The van der Waals surface area contributed by atoms with Gasteiger partial charge in [-0.1, -0.05) is 36.4 Å². The molecule has 2 aromatic carbocycles. The topological polar surface area (TPSA) is 84.9 Å². The van der Waals surface area contributed by atoms with Crippen LogP contribution in [0.25, 0.3) is 6.08 Å². The van der Waals surface area contributed by atoms with Crippen molar-refractivity contribution in [3.8, 4) is 11.5 Å². The number of barbiturate groups is 1. The van der Waals surface area contributed by atoms with Gasteiger partial charge in [0.25, 0.3) is 11.8 Å². The Labute approximate surface area is 184 Å². The summed E-state index contributed by atoms with van der Waals surface area (Å²) in [5.74, 6) is -0.567. The minimum atomic E-state index is -0.838. The molecule has 1 fully saturated rings. The van der Waals surface area contributed by atoms with E-state index in [1.54, 1.807) is 43.3 Å². The van der Waals surface area contributed by atoms with Gasteiger partial charge < -0.3 is 9.47 Å². The Bertz CT molecular complexity index is 1090. The smallest absolute Gasteiger partial charge is 0.335 e. The maximum absolute atomic E-state index is 13.0. The summed E-state index contributed by atoms with van der Waals surface area (Å²) in [4.78, 5) is 38.7. The highest BCUT2D eigenvalue weighted by Crippen LogP contribution is 2.31. The number of hydrogen-bond acceptors (Lipinski definition) is 5. The average Bonchev–Trinajstić information content (AvgIpc) is 2.73. The van der Waals surface area contributed by atoms with Crippen LogP contribution in [0.15, 0.2) is 54.6 Å². The van der Waals surface area contributed by atoms with Gasteiger partial charge in [-0.05, 0) is 55.3 Å². The first-order chi connectivity index (χ1) is 14.8. The van der Waals surface area contributed by atoms with Gasteiger partial charge in [-0.3, -0.25) is 14.9 Å². The van der Waals surface area contributed by atoms with E-state index >= 15 is 0 Å². The molecule has 3 rings (SSSR count). The van der Waals surface area contributed by atoms with Crippen molar-refractivity contribution < 1.29 is 23.9 Å². The molecule has 1 aliphatic heterocycles. The van der Waals surface area contributed by atoms with Crippen LogP contribution in [0.4, 0.5) is 10.5 Å². The molecule has 8 heteroatoms. The van der Waals surface area contributed by atoms with E-state index < -0.39 is 17.8 Å². The highest BCUT2D eigenvalue weighted by atomic mass is 35.5. The molecule has 1 N–H and O–H groups in total. The van der Waals surface area contributed by atoms with Gasteiger partial charge in [0.15, 0.2) is 11.5 Å². The molecule has 160 valence electrons. The molecule has 2 aromatic rings. The number of nitrogens with zero attached hydrogens (tertiary/aromatic N) is 1. The van der Waals surface area contributed by atoms with Crippen LogP contribution >= 0.6 is 11.6 Å². The normalized spacial score (nSPS) is 15.1. The first-order valence-corrected chi connectivity index (χ1v) is 9.91. The molecule has 0 spiro atoms. The van der Waals surface area contributed by atoms with Crippen molar-refractivity contribution in [3.63, 3.8) is 0 Å². The number of nitrogens with one attached hydrogen (secondary N) is 1. The number of anilines is 1. The van der Waals surface area contributed by atoms with Crippen molar-refractivity contribution in [3.05, 3.63) is 70.8 Å². The van der Waals surface area contributed by atoms with Crippen LogP contribution in [0.2, 0.25) is 5.02 Å². The van der Waals surface area contributed by atoms with Gasteiger partial charge in [0.1, 0.15) is 12.2 Å². The lowest BCUT2D eigenvalue weighted by molar-refractivity contribution is -0.122. The molecule has 4 amide bonds. The Kier molecular flexibility index (Phi) is 6.77. The molecule has 31 heavy (non-hydrogen) atoms. The molecule has 1 aliphatic rings. The number of carbonyl (C=O) groups excluding carboxylic acids is 3. The first kappa shape index (κ1) is 22.1. The Hall–Kier alpha value is -3.58. The maximum atomic E-state index is 13.0. The lowest BCUT2D eigenvalue weighted by Crippen LogP contribution is -2.54. The van der Waals surface area contributed by atoms with Gasteiger partial charge in [0.2, 0.25) is 0 Å². The molecule has 1 heterocycles. The van der Waals surface area contributed by atoms with Crippen molar-refractivity contribution >= 4 is 41.2 Å². The number of hydrogen-bond donors (Lipinski definition) is 1. The number of aryl methyl sites for hydroxylation is 1. The summed E-state index contributed by atoms with van der Waals surface area (Å²) in [6.45, 7) is 7.95. The Morgan fingerprint density at radius 2 is 1.87 bits per heavy atom. The molecular formula is C23H21ClN2O5. The summed E-state index contributed by atoms with van der Waals surface area (Å²) in [6.07, 6.45) is 3.01. The van der Waals surface area contributed by atoms with E-state index in [9.17, 15) is 14.4 Å². The third-order valence-electron chi connectivity index (χ3n) is 4.45. The van der Waals surface area contributed by atoms with Gasteiger partial charge in [-0.25, -0.2) is 9.69 Å². The number of carbonyl (C=O) groups is 3. The number of urea groups is 1. The number of imide groups is 2. The zero-order valence-corrected chi connectivity index (χ0v) is 17.9. The fourth-order valence-electron chi connectivity index (χ4n) is 2.93. The zero-order chi connectivity index (χ0) is 22.5. The predicted octanol–water partition coefficient (Wildman–Crippen LogP) is 4.28. The summed E-state index contributed by atoms with van der Waals surface area (Å²) >= 11 is 6.14. The molecule has 0 bridgehead atoms. The average molecular weight is 441 g/mol. The van der Waals surface area contributed by atoms with E-state index in [0.717, 1.165) is 10.5 Å². The standard InChI is InChI=1S/C23H21ClN2O5/c1-4-10-31-19-9-7-15(12-20(19)30-5-2)11-17-21(27)25-23(29)26(22(17)28)16-8-6-14(3)18(24)13-16/h4,6-9,11-13H,1,5,10H2,2-3H3,(H,25,27,29)/b17-11-. The van der Waals surface area contributed by atoms with Crippen molar-refractivity contribution in [2.75, 3.05) is 18.1 Å². The molecule has 0 aliphatic carbocycles. The molecule has 0 aromatic heterocycles. The lowest BCUT2D eigenvalue weighted by Gasteiger charge is -2.26. The SMILES string of the molecule is C=CCOc1ccc(/C=C2/C(=O)NC(=O)N(c3ccc(C)c(Cl)c3)C2=O)cc1OCC. The summed E-state index contributed by atoms with van der Waals surface area (Å²) in [5, 5.41) is 2.59. The van der Waals surface area contributed by atoms with Gasteiger partial charge in [0.05, 0.1) is 12.3 Å². The van der Waals surface area contributed by atoms with Gasteiger partial charge in [-0.15, -0.1) is 0 Å². The number of amides is 4. The second kappa shape index (κ2) is 9.49. The third-order valence-corrected chi connectivity index (χ3v) is 4.86. The van der Waals surface area contributed by atoms with Gasteiger partial charge in [-0.2, -0.15) is 0 Å². The molecule has 7 nitrogen and oxygen atoms in total. The van der Waals surface area contributed by atoms with E-state index in [1.165, 1.54) is 12.1 Å². The van der Waals surface area contributed by atoms with E-state index in [0.29, 0.717) is 35.3 Å².